The average Bonchev–Trinajstić information content (AvgIpc) is 3.02. The van der Waals surface area contributed by atoms with E-state index >= 15 is 0 Å². The van der Waals surface area contributed by atoms with E-state index in [1.54, 1.807) is 0 Å². The maximum atomic E-state index is 12.6. The fraction of sp³-hybridized carbons (Fsp3) is 0.364. The number of nitrogens with two attached hydrogens (primary N) is 1. The van der Waals surface area contributed by atoms with E-state index < -0.39 is 17.8 Å². The Bertz CT molecular complexity index is 745. The van der Waals surface area contributed by atoms with Crippen molar-refractivity contribution < 1.29 is 18.0 Å². The highest BCUT2D eigenvalue weighted by Crippen LogP contribution is 2.32. The molecule has 0 saturated carbocycles. The Morgan fingerprint density at radius 2 is 2.23 bits per heavy atom. The third-order valence-corrected chi connectivity index (χ3v) is 3.16. The molecule has 1 amide bonds. The molecule has 2 aromatic rings. The molecule has 1 aliphatic heterocycles. The van der Waals surface area contributed by atoms with Crippen LogP contribution in [0.4, 0.5) is 19.0 Å². The Balaban J connectivity index is 1.84. The topological polar surface area (TPSA) is 115 Å². The Morgan fingerprint density at radius 3 is 2.86 bits per heavy atom. The van der Waals surface area contributed by atoms with Crippen LogP contribution in [0, 0.1) is 0 Å². The monoisotopic (exact) mass is 313 g/mol. The van der Waals surface area contributed by atoms with E-state index in [-0.39, 0.29) is 24.1 Å². The molecule has 0 fully saturated rings. The fourth-order valence-electron chi connectivity index (χ4n) is 2.07. The lowest BCUT2D eigenvalue weighted by Crippen LogP contribution is -2.13. The number of hydrogen-bond donors (Lipinski definition) is 2. The number of nitrogens with zero attached hydrogens (tertiary/aromatic N) is 5. The zero-order valence-corrected chi connectivity index (χ0v) is 11.0. The van der Waals surface area contributed by atoms with Crippen molar-refractivity contribution in [2.45, 2.75) is 25.1 Å². The first-order valence-corrected chi connectivity index (χ1v) is 6.26. The second kappa shape index (κ2) is 4.93. The number of aryl methyl sites for hydroxylation is 1. The van der Waals surface area contributed by atoms with Gasteiger partial charge in [-0.1, -0.05) is 0 Å². The van der Waals surface area contributed by atoms with Crippen molar-refractivity contribution in [3.05, 3.63) is 23.4 Å². The van der Waals surface area contributed by atoms with Gasteiger partial charge in [-0.3, -0.25) is 9.89 Å². The first kappa shape index (κ1) is 14.2. The summed E-state index contributed by atoms with van der Waals surface area (Å²) in [5, 5.41) is 9.74. The molecule has 2 aromatic heterocycles. The summed E-state index contributed by atoms with van der Waals surface area (Å²) < 4.78 is 39.0. The molecular weight excluding hydrogens is 303 g/mol. The summed E-state index contributed by atoms with van der Waals surface area (Å²) in [5.41, 5.74) is 4.08. The van der Waals surface area contributed by atoms with Gasteiger partial charge in [0.25, 0.3) is 5.91 Å². The summed E-state index contributed by atoms with van der Waals surface area (Å²) in [4.78, 5) is 18.9. The molecule has 1 aliphatic rings. The highest BCUT2D eigenvalue weighted by atomic mass is 19.4. The SMILES string of the molecule is NC(=O)c1n[nH]c(C2C=Nc3cc(C(F)(F)F)nn3CC2)n1. The smallest absolute Gasteiger partial charge is 0.363 e. The molecule has 3 N–H and O–H groups in total. The van der Waals surface area contributed by atoms with Gasteiger partial charge in [-0.2, -0.15) is 18.3 Å². The number of halogens is 3. The Kier molecular flexibility index (Phi) is 3.19. The third-order valence-electron chi connectivity index (χ3n) is 3.16. The van der Waals surface area contributed by atoms with E-state index in [9.17, 15) is 18.0 Å². The van der Waals surface area contributed by atoms with E-state index in [2.05, 4.69) is 25.3 Å². The van der Waals surface area contributed by atoms with Gasteiger partial charge in [0.1, 0.15) is 5.82 Å². The molecule has 3 heterocycles. The predicted octanol–water partition coefficient (Wildman–Crippen LogP) is 1.01. The van der Waals surface area contributed by atoms with Gasteiger partial charge in [0.2, 0.25) is 5.82 Å². The molecule has 11 heteroatoms. The largest absolute Gasteiger partial charge is 0.435 e. The lowest BCUT2D eigenvalue weighted by molar-refractivity contribution is -0.141. The molecule has 0 aromatic carbocycles. The second-order valence-corrected chi connectivity index (χ2v) is 4.69. The minimum atomic E-state index is -4.50. The molecular formula is C11H10F3N7O. The predicted molar refractivity (Wildman–Crippen MR) is 67.6 cm³/mol. The molecule has 1 atom stereocenters. The quantitative estimate of drug-likeness (QED) is 0.860. The lowest BCUT2D eigenvalue weighted by Gasteiger charge is -2.06. The van der Waals surface area contributed by atoms with Crippen molar-refractivity contribution in [2.75, 3.05) is 0 Å². The van der Waals surface area contributed by atoms with Crippen LogP contribution in [0.25, 0.3) is 0 Å². The Morgan fingerprint density at radius 1 is 1.45 bits per heavy atom. The zero-order valence-electron chi connectivity index (χ0n) is 11.0. The maximum Gasteiger partial charge on any atom is 0.435 e. The number of fused-ring (bicyclic) bond motifs is 1. The summed E-state index contributed by atoms with van der Waals surface area (Å²) in [6.45, 7) is 0.225. The first-order chi connectivity index (χ1) is 10.3. The van der Waals surface area contributed by atoms with Crippen LogP contribution in [0.5, 0.6) is 0 Å². The number of H-pyrrole nitrogens is 1. The van der Waals surface area contributed by atoms with E-state index in [1.165, 1.54) is 10.9 Å². The summed E-state index contributed by atoms with van der Waals surface area (Å²) in [5.74, 6) is -0.749. The minimum absolute atomic E-state index is 0.115. The van der Waals surface area contributed by atoms with Gasteiger partial charge in [0, 0.05) is 18.8 Å². The number of nitrogens with one attached hydrogen (secondary N) is 1. The molecule has 0 radical (unpaired) electrons. The van der Waals surface area contributed by atoms with E-state index in [1.807, 2.05) is 0 Å². The fourth-order valence-corrected chi connectivity index (χ4v) is 2.07. The van der Waals surface area contributed by atoms with Crippen molar-refractivity contribution in [3.8, 4) is 0 Å². The van der Waals surface area contributed by atoms with Crippen molar-refractivity contribution in [3.63, 3.8) is 0 Å². The van der Waals surface area contributed by atoms with Crippen molar-refractivity contribution in [1.82, 2.24) is 25.0 Å². The van der Waals surface area contributed by atoms with Gasteiger partial charge >= 0.3 is 6.18 Å². The molecule has 8 nitrogen and oxygen atoms in total. The van der Waals surface area contributed by atoms with Crippen LogP contribution in [-0.2, 0) is 12.7 Å². The number of aromatic amines is 1. The van der Waals surface area contributed by atoms with Gasteiger partial charge in [-0.25, -0.2) is 14.7 Å². The number of aromatic nitrogens is 5. The number of amides is 1. The van der Waals surface area contributed by atoms with E-state index in [4.69, 9.17) is 5.73 Å². The van der Waals surface area contributed by atoms with E-state index in [0.29, 0.717) is 12.2 Å². The summed E-state index contributed by atoms with van der Waals surface area (Å²) >= 11 is 0. The van der Waals surface area contributed by atoms with Gasteiger partial charge in [-0.15, -0.1) is 5.10 Å². The Labute approximate surface area is 121 Å². The molecule has 1 unspecified atom stereocenters. The third kappa shape index (κ3) is 2.56. The average molecular weight is 313 g/mol. The molecule has 0 spiro atoms. The van der Waals surface area contributed by atoms with Crippen LogP contribution in [0.1, 0.15) is 34.5 Å². The molecule has 0 aliphatic carbocycles. The van der Waals surface area contributed by atoms with Crippen LogP contribution in [0.2, 0.25) is 0 Å². The van der Waals surface area contributed by atoms with Crippen LogP contribution in [0.15, 0.2) is 11.1 Å². The number of primary amides is 1. The van der Waals surface area contributed by atoms with E-state index in [0.717, 1.165) is 6.07 Å². The normalized spacial score (nSPS) is 18.0. The van der Waals surface area contributed by atoms with Crippen LogP contribution in [0.3, 0.4) is 0 Å². The van der Waals surface area contributed by atoms with Crippen molar-refractivity contribution in [2.24, 2.45) is 10.7 Å². The number of carbonyl (C=O) groups excluding carboxylic acids is 1. The number of alkyl halides is 3. The molecule has 22 heavy (non-hydrogen) atoms. The lowest BCUT2D eigenvalue weighted by atomic mass is 10.1. The first-order valence-electron chi connectivity index (χ1n) is 6.26. The number of hydrogen-bond acceptors (Lipinski definition) is 5. The maximum absolute atomic E-state index is 12.6. The number of rotatable bonds is 2. The highest BCUT2D eigenvalue weighted by Gasteiger charge is 2.35. The Hall–Kier alpha value is -2.72. The second-order valence-electron chi connectivity index (χ2n) is 4.69. The van der Waals surface area contributed by atoms with Gasteiger partial charge in [0.05, 0.1) is 5.92 Å². The summed E-state index contributed by atoms with van der Waals surface area (Å²) in [7, 11) is 0. The standard InChI is InChI=1S/C11H10F3N7O/c12-11(13,14)6-3-7-16-4-5(1-2-21(7)20-6)9-17-10(8(15)22)19-18-9/h3-5H,1-2H2,(H2,15,22)(H,17,18,19). The van der Waals surface area contributed by atoms with Crippen LogP contribution < -0.4 is 5.73 Å². The summed E-state index contributed by atoms with van der Waals surface area (Å²) in [6, 6.07) is 0.883. The van der Waals surface area contributed by atoms with Gasteiger partial charge < -0.3 is 5.73 Å². The molecule has 3 rings (SSSR count). The number of carbonyl (C=O) groups is 1. The van der Waals surface area contributed by atoms with Crippen LogP contribution in [-0.4, -0.2) is 37.1 Å². The number of aliphatic imine (C=N–C) groups is 1. The van der Waals surface area contributed by atoms with Gasteiger partial charge in [-0.05, 0) is 6.42 Å². The van der Waals surface area contributed by atoms with Crippen LogP contribution >= 0.6 is 0 Å². The highest BCUT2D eigenvalue weighted by molar-refractivity contribution is 5.88. The molecule has 0 bridgehead atoms. The molecule has 0 saturated heterocycles. The summed E-state index contributed by atoms with van der Waals surface area (Å²) in [6.07, 6.45) is -2.65. The zero-order chi connectivity index (χ0) is 15.9. The van der Waals surface area contributed by atoms with Crippen molar-refractivity contribution >= 4 is 17.9 Å². The molecule has 116 valence electrons. The van der Waals surface area contributed by atoms with Crippen molar-refractivity contribution in [1.29, 1.82) is 0 Å². The van der Waals surface area contributed by atoms with Gasteiger partial charge in [0.15, 0.2) is 11.5 Å². The minimum Gasteiger partial charge on any atom is -0.363 e.